The van der Waals surface area contributed by atoms with Crippen molar-refractivity contribution in [3.05, 3.63) is 29.8 Å². The Kier molecular flexibility index (Phi) is 4.69. The number of carbonyl (C=O) groups excluding carboxylic acids is 1. The second-order valence-electron chi connectivity index (χ2n) is 6.13. The van der Waals surface area contributed by atoms with E-state index in [1.165, 1.54) is 16.8 Å². The van der Waals surface area contributed by atoms with Gasteiger partial charge in [0.1, 0.15) is 6.54 Å². The Balaban J connectivity index is 1.67. The van der Waals surface area contributed by atoms with Gasteiger partial charge in [0.25, 0.3) is 0 Å². The lowest BCUT2D eigenvalue weighted by atomic mass is 10.0. The van der Waals surface area contributed by atoms with Crippen LogP contribution in [0.5, 0.6) is 0 Å². The van der Waals surface area contributed by atoms with Gasteiger partial charge in [0.05, 0.1) is 0 Å². The molecular formula is C17H23N5O. The molecule has 6 heteroatoms. The molecule has 1 aromatic heterocycles. The SMILES string of the molecule is CCc1ccc(-c2nnn(CC(=O)N3CCCC[C@@H]3C)n2)cc1. The molecule has 2 heterocycles. The molecule has 1 atom stereocenters. The summed E-state index contributed by atoms with van der Waals surface area (Å²) in [5, 5.41) is 12.4. The van der Waals surface area contributed by atoms with Crippen molar-refractivity contribution in [1.82, 2.24) is 25.1 Å². The summed E-state index contributed by atoms with van der Waals surface area (Å²) < 4.78 is 0. The number of nitrogens with zero attached hydrogens (tertiary/aromatic N) is 5. The summed E-state index contributed by atoms with van der Waals surface area (Å²) in [5.74, 6) is 0.634. The van der Waals surface area contributed by atoms with E-state index >= 15 is 0 Å². The fraction of sp³-hybridized carbons (Fsp3) is 0.529. The van der Waals surface area contributed by atoms with Crippen molar-refractivity contribution in [3.8, 4) is 11.4 Å². The fourth-order valence-corrected chi connectivity index (χ4v) is 3.00. The standard InChI is InChI=1S/C17H23N5O/c1-3-14-7-9-15(10-8-14)17-18-20-22(19-17)12-16(23)21-11-5-4-6-13(21)2/h7-10,13H,3-6,11-12H2,1-2H3/t13-/m0/s1. The van der Waals surface area contributed by atoms with Crippen molar-refractivity contribution in [3.63, 3.8) is 0 Å². The molecule has 1 saturated heterocycles. The quantitative estimate of drug-likeness (QED) is 0.869. The van der Waals surface area contributed by atoms with E-state index in [0.717, 1.165) is 31.4 Å². The zero-order valence-corrected chi connectivity index (χ0v) is 13.8. The van der Waals surface area contributed by atoms with Crippen molar-refractivity contribution in [1.29, 1.82) is 0 Å². The maximum atomic E-state index is 12.4. The first kappa shape index (κ1) is 15.6. The number of piperidine rings is 1. The molecule has 1 aliphatic heterocycles. The minimum absolute atomic E-state index is 0.0717. The van der Waals surface area contributed by atoms with Gasteiger partial charge in [-0.25, -0.2) is 0 Å². The number of carbonyl (C=O) groups is 1. The first-order chi connectivity index (χ1) is 11.2. The Morgan fingerprint density at radius 2 is 2.04 bits per heavy atom. The summed E-state index contributed by atoms with van der Waals surface area (Å²) in [6.45, 7) is 5.22. The average Bonchev–Trinajstić information content (AvgIpc) is 3.03. The Bertz CT molecular complexity index is 664. The molecule has 1 fully saturated rings. The summed E-state index contributed by atoms with van der Waals surface area (Å²) in [4.78, 5) is 15.7. The molecule has 122 valence electrons. The summed E-state index contributed by atoms with van der Waals surface area (Å²) in [5.41, 5.74) is 2.20. The van der Waals surface area contributed by atoms with Crippen LogP contribution in [0.25, 0.3) is 11.4 Å². The number of benzene rings is 1. The van der Waals surface area contributed by atoms with Gasteiger partial charge < -0.3 is 4.90 Å². The molecule has 0 N–H and O–H groups in total. The zero-order valence-electron chi connectivity index (χ0n) is 13.8. The monoisotopic (exact) mass is 313 g/mol. The number of aromatic nitrogens is 4. The molecule has 3 rings (SSSR count). The van der Waals surface area contributed by atoms with Crippen molar-refractivity contribution in [2.45, 2.75) is 52.1 Å². The number of aryl methyl sites for hydroxylation is 1. The van der Waals surface area contributed by atoms with Crippen LogP contribution in [0.15, 0.2) is 24.3 Å². The molecule has 0 saturated carbocycles. The molecule has 0 radical (unpaired) electrons. The van der Waals surface area contributed by atoms with Crippen LogP contribution in [0.4, 0.5) is 0 Å². The minimum Gasteiger partial charge on any atom is -0.338 e. The van der Waals surface area contributed by atoms with Crippen LogP contribution in [0.1, 0.15) is 38.7 Å². The van der Waals surface area contributed by atoms with Crippen molar-refractivity contribution in [2.75, 3.05) is 6.54 Å². The maximum Gasteiger partial charge on any atom is 0.246 e. The molecule has 23 heavy (non-hydrogen) atoms. The van der Waals surface area contributed by atoms with Crippen LogP contribution < -0.4 is 0 Å². The van der Waals surface area contributed by atoms with Crippen LogP contribution in [0, 0.1) is 0 Å². The lowest BCUT2D eigenvalue weighted by molar-refractivity contribution is -0.135. The molecule has 1 amide bonds. The number of hydrogen-bond donors (Lipinski definition) is 0. The van der Waals surface area contributed by atoms with E-state index in [2.05, 4.69) is 41.4 Å². The number of likely N-dealkylation sites (tertiary alicyclic amines) is 1. The first-order valence-electron chi connectivity index (χ1n) is 8.34. The zero-order chi connectivity index (χ0) is 16.2. The summed E-state index contributed by atoms with van der Waals surface area (Å²) in [6, 6.07) is 8.43. The van der Waals surface area contributed by atoms with Crippen LogP contribution >= 0.6 is 0 Å². The van der Waals surface area contributed by atoms with Gasteiger partial charge in [-0.05, 0) is 43.4 Å². The first-order valence-corrected chi connectivity index (χ1v) is 8.34. The van der Waals surface area contributed by atoms with E-state index in [1.807, 2.05) is 17.0 Å². The van der Waals surface area contributed by atoms with E-state index < -0.39 is 0 Å². The topological polar surface area (TPSA) is 63.9 Å². The second-order valence-corrected chi connectivity index (χ2v) is 6.13. The lowest BCUT2D eigenvalue weighted by Crippen LogP contribution is -2.43. The van der Waals surface area contributed by atoms with Gasteiger partial charge in [0, 0.05) is 18.2 Å². The van der Waals surface area contributed by atoms with Gasteiger partial charge in [-0.1, -0.05) is 31.2 Å². The Labute approximate surface area is 136 Å². The van der Waals surface area contributed by atoms with Crippen molar-refractivity contribution >= 4 is 5.91 Å². The number of amides is 1. The van der Waals surface area contributed by atoms with E-state index in [1.54, 1.807) is 0 Å². The second kappa shape index (κ2) is 6.89. The fourth-order valence-electron chi connectivity index (χ4n) is 3.00. The van der Waals surface area contributed by atoms with Crippen LogP contribution in [-0.4, -0.2) is 43.6 Å². The molecule has 0 unspecified atom stereocenters. The normalized spacial score (nSPS) is 18.2. The van der Waals surface area contributed by atoms with Gasteiger partial charge in [0.15, 0.2) is 0 Å². The third-order valence-electron chi connectivity index (χ3n) is 4.47. The lowest BCUT2D eigenvalue weighted by Gasteiger charge is -2.33. The highest BCUT2D eigenvalue weighted by molar-refractivity contribution is 5.76. The van der Waals surface area contributed by atoms with Crippen LogP contribution in [0.3, 0.4) is 0 Å². The number of hydrogen-bond acceptors (Lipinski definition) is 4. The van der Waals surface area contributed by atoms with Gasteiger partial charge in [-0.15, -0.1) is 10.2 Å². The smallest absolute Gasteiger partial charge is 0.246 e. The maximum absolute atomic E-state index is 12.4. The Morgan fingerprint density at radius 1 is 1.26 bits per heavy atom. The van der Waals surface area contributed by atoms with E-state index in [-0.39, 0.29) is 12.5 Å². The summed E-state index contributed by atoms with van der Waals surface area (Å²) in [6.07, 6.45) is 4.36. The molecule has 0 spiro atoms. The average molecular weight is 313 g/mol. The highest BCUT2D eigenvalue weighted by atomic mass is 16.2. The third kappa shape index (κ3) is 3.57. The van der Waals surface area contributed by atoms with Gasteiger partial charge in [0.2, 0.25) is 11.7 Å². The molecule has 1 aliphatic rings. The highest BCUT2D eigenvalue weighted by Crippen LogP contribution is 2.17. The molecule has 2 aromatic rings. The van der Waals surface area contributed by atoms with E-state index in [9.17, 15) is 4.79 Å². The van der Waals surface area contributed by atoms with Crippen LogP contribution in [0.2, 0.25) is 0 Å². The van der Waals surface area contributed by atoms with Crippen molar-refractivity contribution in [2.24, 2.45) is 0 Å². The number of rotatable bonds is 4. The summed E-state index contributed by atoms with van der Waals surface area (Å²) >= 11 is 0. The molecule has 6 nitrogen and oxygen atoms in total. The largest absolute Gasteiger partial charge is 0.338 e. The molecular weight excluding hydrogens is 290 g/mol. The highest BCUT2D eigenvalue weighted by Gasteiger charge is 2.23. The summed E-state index contributed by atoms with van der Waals surface area (Å²) in [7, 11) is 0. The Morgan fingerprint density at radius 3 is 2.74 bits per heavy atom. The van der Waals surface area contributed by atoms with Gasteiger partial charge >= 0.3 is 0 Å². The molecule has 0 bridgehead atoms. The molecule has 1 aromatic carbocycles. The van der Waals surface area contributed by atoms with Gasteiger partial charge in [-0.3, -0.25) is 4.79 Å². The molecule has 0 aliphatic carbocycles. The number of tetrazole rings is 1. The van der Waals surface area contributed by atoms with Crippen molar-refractivity contribution < 1.29 is 4.79 Å². The Hall–Kier alpha value is -2.24. The van der Waals surface area contributed by atoms with E-state index in [4.69, 9.17) is 0 Å². The van der Waals surface area contributed by atoms with Crippen LogP contribution in [-0.2, 0) is 17.8 Å². The minimum atomic E-state index is 0.0717. The third-order valence-corrected chi connectivity index (χ3v) is 4.47. The predicted molar refractivity (Wildman–Crippen MR) is 87.7 cm³/mol. The van der Waals surface area contributed by atoms with E-state index in [0.29, 0.717) is 11.9 Å². The van der Waals surface area contributed by atoms with Gasteiger partial charge in [-0.2, -0.15) is 4.80 Å². The predicted octanol–water partition coefficient (Wildman–Crippen LogP) is 2.30.